The van der Waals surface area contributed by atoms with Gasteiger partial charge in [-0.2, -0.15) is 0 Å². The molecular weight excluding hydrogens is 170 g/mol. The van der Waals surface area contributed by atoms with Crippen molar-refractivity contribution in [3.05, 3.63) is 0 Å². The molecule has 1 unspecified atom stereocenters. The molecule has 0 aromatic rings. The van der Waals surface area contributed by atoms with E-state index in [1.807, 2.05) is 0 Å². The van der Waals surface area contributed by atoms with Gasteiger partial charge in [0.25, 0.3) is 0 Å². The van der Waals surface area contributed by atoms with Crippen molar-refractivity contribution in [1.82, 2.24) is 4.72 Å². The maximum atomic E-state index is 10.9. The summed E-state index contributed by atoms with van der Waals surface area (Å²) in [4.78, 5) is 9.95. The molecule has 0 heterocycles. The molecule has 0 spiro atoms. The van der Waals surface area contributed by atoms with Crippen LogP contribution in [0.3, 0.4) is 0 Å². The summed E-state index contributed by atoms with van der Waals surface area (Å²) in [6.07, 6.45) is -1.15. The summed E-state index contributed by atoms with van der Waals surface area (Å²) in [5, 5.41) is 7.44. The molecule has 0 fully saturated rings. The van der Waals surface area contributed by atoms with Crippen LogP contribution >= 0.6 is 0 Å². The molecule has 0 aliphatic rings. The first-order valence-electron chi connectivity index (χ1n) is 3.14. The standard InChI is InChI=1S/C5H11NO4S/c1-3-4(2)11(9,10)6-5(7)8/h4,6H,3H2,1-2H3,(H,7,8). The summed E-state index contributed by atoms with van der Waals surface area (Å²) in [6.45, 7) is 3.12. The van der Waals surface area contributed by atoms with Gasteiger partial charge in [-0.15, -0.1) is 0 Å². The Hall–Kier alpha value is -0.780. The van der Waals surface area contributed by atoms with Crippen molar-refractivity contribution >= 4 is 16.1 Å². The summed E-state index contributed by atoms with van der Waals surface area (Å²) in [5.41, 5.74) is 0. The molecule has 0 bridgehead atoms. The van der Waals surface area contributed by atoms with Crippen LogP contribution in [0.15, 0.2) is 0 Å². The van der Waals surface area contributed by atoms with E-state index in [1.165, 1.54) is 11.6 Å². The van der Waals surface area contributed by atoms with Crippen LogP contribution in [0, 0.1) is 0 Å². The molecule has 66 valence electrons. The molecule has 0 radical (unpaired) electrons. The first-order chi connectivity index (χ1) is 4.90. The Morgan fingerprint density at radius 2 is 2.09 bits per heavy atom. The molecule has 1 atom stereocenters. The van der Waals surface area contributed by atoms with Gasteiger partial charge in [0.2, 0.25) is 10.0 Å². The van der Waals surface area contributed by atoms with E-state index in [9.17, 15) is 13.2 Å². The molecule has 6 heteroatoms. The van der Waals surface area contributed by atoms with Gasteiger partial charge in [-0.1, -0.05) is 6.92 Å². The predicted octanol–water partition coefficient (Wildman–Crippen LogP) is 0.382. The number of sulfonamides is 1. The van der Waals surface area contributed by atoms with E-state index in [1.54, 1.807) is 6.92 Å². The molecule has 0 aromatic heterocycles. The largest absolute Gasteiger partial charge is 0.464 e. The summed E-state index contributed by atoms with van der Waals surface area (Å²) in [7, 11) is -3.66. The third-order valence-corrected chi connectivity index (χ3v) is 3.19. The summed E-state index contributed by atoms with van der Waals surface area (Å²) >= 11 is 0. The smallest absolute Gasteiger partial charge is 0.418 e. The van der Waals surface area contributed by atoms with Gasteiger partial charge in [-0.3, -0.25) is 0 Å². The molecule has 2 N–H and O–H groups in total. The summed E-state index contributed by atoms with van der Waals surface area (Å²) in [6, 6.07) is 0. The lowest BCUT2D eigenvalue weighted by molar-refractivity contribution is 0.201. The van der Waals surface area contributed by atoms with Crippen LogP contribution < -0.4 is 4.72 Å². The number of nitrogens with one attached hydrogen (secondary N) is 1. The fourth-order valence-electron chi connectivity index (χ4n) is 0.442. The zero-order valence-electron chi connectivity index (χ0n) is 6.36. The van der Waals surface area contributed by atoms with Crippen molar-refractivity contribution in [1.29, 1.82) is 0 Å². The Balaban J connectivity index is 4.35. The molecule has 0 saturated heterocycles. The van der Waals surface area contributed by atoms with Crippen molar-refractivity contribution in [2.45, 2.75) is 25.5 Å². The Morgan fingerprint density at radius 1 is 1.64 bits per heavy atom. The Morgan fingerprint density at radius 3 is 2.36 bits per heavy atom. The number of hydrogen-bond acceptors (Lipinski definition) is 3. The second-order valence-electron chi connectivity index (χ2n) is 2.17. The van der Waals surface area contributed by atoms with Crippen molar-refractivity contribution in [2.24, 2.45) is 0 Å². The first kappa shape index (κ1) is 10.2. The number of carboxylic acid groups (broad SMARTS) is 1. The van der Waals surface area contributed by atoms with Gasteiger partial charge in [0, 0.05) is 0 Å². The minimum absolute atomic E-state index is 0.391. The molecule has 0 aliphatic heterocycles. The van der Waals surface area contributed by atoms with Crippen molar-refractivity contribution in [3.8, 4) is 0 Å². The fraction of sp³-hybridized carbons (Fsp3) is 0.800. The van der Waals surface area contributed by atoms with Crippen LogP contribution in [0.5, 0.6) is 0 Å². The molecule has 11 heavy (non-hydrogen) atoms. The van der Waals surface area contributed by atoms with Gasteiger partial charge < -0.3 is 5.11 Å². The second kappa shape index (κ2) is 3.56. The fourth-order valence-corrected chi connectivity index (χ4v) is 1.33. The number of carbonyl (C=O) groups is 1. The maximum Gasteiger partial charge on any atom is 0.418 e. The Labute approximate surface area is 65.5 Å². The molecule has 1 amide bonds. The number of hydrogen-bond donors (Lipinski definition) is 2. The third-order valence-electron chi connectivity index (χ3n) is 1.33. The predicted molar refractivity (Wildman–Crippen MR) is 39.8 cm³/mol. The van der Waals surface area contributed by atoms with Gasteiger partial charge in [0.1, 0.15) is 0 Å². The minimum Gasteiger partial charge on any atom is -0.464 e. The van der Waals surface area contributed by atoms with E-state index in [2.05, 4.69) is 0 Å². The van der Waals surface area contributed by atoms with Crippen LogP contribution in [0.1, 0.15) is 20.3 Å². The molecule has 0 rings (SSSR count). The highest BCUT2D eigenvalue weighted by Gasteiger charge is 2.20. The zero-order chi connectivity index (χ0) is 9.07. The maximum absolute atomic E-state index is 10.9. The van der Waals surface area contributed by atoms with E-state index < -0.39 is 21.4 Å². The number of amides is 1. The first-order valence-corrected chi connectivity index (χ1v) is 4.69. The van der Waals surface area contributed by atoms with Gasteiger partial charge in [-0.05, 0) is 13.3 Å². The Kier molecular flexibility index (Phi) is 3.31. The van der Waals surface area contributed by atoms with Gasteiger partial charge in [0.15, 0.2) is 0 Å². The normalized spacial score (nSPS) is 14.0. The SMILES string of the molecule is CCC(C)S(=O)(=O)NC(=O)O. The van der Waals surface area contributed by atoms with Gasteiger partial charge in [0.05, 0.1) is 5.25 Å². The van der Waals surface area contributed by atoms with Gasteiger partial charge in [-0.25, -0.2) is 17.9 Å². The van der Waals surface area contributed by atoms with Crippen LogP contribution in [0.25, 0.3) is 0 Å². The summed E-state index contributed by atoms with van der Waals surface area (Å²) < 4.78 is 23.2. The lowest BCUT2D eigenvalue weighted by Crippen LogP contribution is -2.35. The second-order valence-corrected chi connectivity index (χ2v) is 4.27. The van der Waals surface area contributed by atoms with Crippen LogP contribution in [-0.4, -0.2) is 24.9 Å². The summed E-state index contributed by atoms with van der Waals surface area (Å²) in [5.74, 6) is 0. The minimum atomic E-state index is -3.66. The molecule has 0 aromatic carbocycles. The third kappa shape index (κ3) is 3.22. The average Bonchev–Trinajstić information content (AvgIpc) is 1.83. The van der Waals surface area contributed by atoms with Crippen LogP contribution in [0.2, 0.25) is 0 Å². The average molecular weight is 181 g/mol. The quantitative estimate of drug-likeness (QED) is 0.659. The van der Waals surface area contributed by atoms with E-state index >= 15 is 0 Å². The molecule has 0 aliphatic carbocycles. The molecular formula is C5H11NO4S. The van der Waals surface area contributed by atoms with E-state index in [0.717, 1.165) is 0 Å². The molecule has 5 nitrogen and oxygen atoms in total. The van der Waals surface area contributed by atoms with Crippen molar-refractivity contribution in [2.75, 3.05) is 0 Å². The highest BCUT2D eigenvalue weighted by atomic mass is 32.2. The van der Waals surface area contributed by atoms with Gasteiger partial charge >= 0.3 is 6.09 Å². The highest BCUT2D eigenvalue weighted by molar-refractivity contribution is 7.90. The highest BCUT2D eigenvalue weighted by Crippen LogP contribution is 2.01. The lowest BCUT2D eigenvalue weighted by Gasteiger charge is -2.08. The topological polar surface area (TPSA) is 83.5 Å². The zero-order valence-corrected chi connectivity index (χ0v) is 7.18. The van der Waals surface area contributed by atoms with E-state index in [-0.39, 0.29) is 0 Å². The lowest BCUT2D eigenvalue weighted by atomic mass is 10.4. The van der Waals surface area contributed by atoms with Crippen molar-refractivity contribution < 1.29 is 18.3 Å². The monoisotopic (exact) mass is 181 g/mol. The van der Waals surface area contributed by atoms with E-state index in [4.69, 9.17) is 5.11 Å². The number of rotatable bonds is 3. The molecule has 0 saturated carbocycles. The van der Waals surface area contributed by atoms with Crippen LogP contribution in [-0.2, 0) is 10.0 Å². The Bertz CT molecular complexity index is 233. The van der Waals surface area contributed by atoms with Crippen molar-refractivity contribution in [3.63, 3.8) is 0 Å². The van der Waals surface area contributed by atoms with Crippen LogP contribution in [0.4, 0.5) is 4.79 Å². The van der Waals surface area contributed by atoms with E-state index in [0.29, 0.717) is 6.42 Å².